The molecular formula is C13H20ClN3OS. The van der Waals surface area contributed by atoms with E-state index in [1.807, 2.05) is 31.3 Å². The molecule has 1 rings (SSSR count). The lowest BCUT2D eigenvalue weighted by atomic mass is 10.2. The number of carbonyl (C=O) groups excluding carboxylic acids is 1. The van der Waals surface area contributed by atoms with E-state index >= 15 is 0 Å². The monoisotopic (exact) mass is 301 g/mol. The molecule has 0 bridgehead atoms. The van der Waals surface area contributed by atoms with Gasteiger partial charge in [0.15, 0.2) is 0 Å². The second-order valence-electron chi connectivity index (χ2n) is 4.41. The molecule has 106 valence electrons. The fourth-order valence-electron chi connectivity index (χ4n) is 1.67. The molecule has 0 aliphatic rings. The minimum atomic E-state index is -0.499. The van der Waals surface area contributed by atoms with Crippen molar-refractivity contribution in [3.8, 4) is 0 Å². The number of hydrogen-bond donors (Lipinski definition) is 2. The maximum atomic E-state index is 12.0. The number of hydrogen-bond acceptors (Lipinski definition) is 4. The van der Waals surface area contributed by atoms with Gasteiger partial charge < -0.3 is 16.0 Å². The number of benzene rings is 1. The Labute approximate surface area is 123 Å². The van der Waals surface area contributed by atoms with Gasteiger partial charge in [-0.2, -0.15) is 11.8 Å². The van der Waals surface area contributed by atoms with Crippen molar-refractivity contribution in [2.75, 3.05) is 36.3 Å². The second-order valence-corrected chi connectivity index (χ2v) is 5.80. The molecule has 1 amide bonds. The predicted octanol–water partition coefficient (Wildman–Crippen LogP) is 2.42. The van der Waals surface area contributed by atoms with Crippen molar-refractivity contribution in [1.29, 1.82) is 0 Å². The molecule has 0 saturated carbocycles. The van der Waals surface area contributed by atoms with Crippen LogP contribution in [0, 0.1) is 0 Å². The summed E-state index contributed by atoms with van der Waals surface area (Å²) in [7, 11) is 3.76. The Kier molecular flexibility index (Phi) is 6.48. The first kappa shape index (κ1) is 16.1. The summed E-state index contributed by atoms with van der Waals surface area (Å²) in [6, 6.07) is 4.92. The van der Waals surface area contributed by atoms with Crippen LogP contribution in [0.2, 0.25) is 5.02 Å². The molecule has 0 spiro atoms. The Balaban J connectivity index is 2.82. The van der Waals surface area contributed by atoms with Crippen LogP contribution in [0.25, 0.3) is 0 Å². The number of nitrogens with one attached hydrogen (secondary N) is 1. The highest BCUT2D eigenvalue weighted by Gasteiger charge is 2.16. The molecule has 1 aromatic rings. The number of amides is 1. The van der Waals surface area contributed by atoms with Gasteiger partial charge in [0.2, 0.25) is 5.91 Å². The summed E-state index contributed by atoms with van der Waals surface area (Å²) >= 11 is 7.82. The van der Waals surface area contributed by atoms with E-state index in [1.54, 1.807) is 23.9 Å². The van der Waals surface area contributed by atoms with E-state index < -0.39 is 6.04 Å². The molecule has 0 fully saturated rings. The number of rotatable bonds is 6. The summed E-state index contributed by atoms with van der Waals surface area (Å²) in [5, 5.41) is 3.44. The Morgan fingerprint density at radius 3 is 2.79 bits per heavy atom. The van der Waals surface area contributed by atoms with Crippen molar-refractivity contribution in [1.82, 2.24) is 0 Å². The third-order valence-electron chi connectivity index (χ3n) is 2.66. The summed E-state index contributed by atoms with van der Waals surface area (Å²) in [5.74, 6) is 0.685. The van der Waals surface area contributed by atoms with Gasteiger partial charge in [-0.15, -0.1) is 0 Å². The van der Waals surface area contributed by atoms with Crippen molar-refractivity contribution in [3.05, 3.63) is 23.2 Å². The van der Waals surface area contributed by atoms with E-state index in [-0.39, 0.29) is 5.91 Å². The Hall–Kier alpha value is -0.910. The van der Waals surface area contributed by atoms with Gasteiger partial charge in [-0.3, -0.25) is 4.79 Å². The highest BCUT2D eigenvalue weighted by atomic mass is 35.5. The largest absolute Gasteiger partial charge is 0.375 e. The van der Waals surface area contributed by atoms with Crippen LogP contribution in [0.1, 0.15) is 6.42 Å². The SMILES string of the molecule is CSCC[C@@H](N)C(=O)Nc1cccc(Cl)c1N(C)C. The van der Waals surface area contributed by atoms with Crippen LogP contribution < -0.4 is 16.0 Å². The summed E-state index contributed by atoms with van der Waals surface area (Å²) in [5.41, 5.74) is 7.31. The second kappa shape index (κ2) is 7.62. The number of anilines is 2. The molecule has 0 aromatic heterocycles. The highest BCUT2D eigenvalue weighted by molar-refractivity contribution is 7.98. The lowest BCUT2D eigenvalue weighted by Crippen LogP contribution is -2.36. The first-order chi connectivity index (χ1) is 8.97. The van der Waals surface area contributed by atoms with Gasteiger partial charge in [-0.1, -0.05) is 17.7 Å². The van der Waals surface area contributed by atoms with Gasteiger partial charge in [0.25, 0.3) is 0 Å². The number of thioether (sulfide) groups is 1. The number of nitrogens with two attached hydrogens (primary N) is 1. The summed E-state index contributed by atoms with van der Waals surface area (Å²) in [4.78, 5) is 13.9. The van der Waals surface area contributed by atoms with Gasteiger partial charge in [-0.05, 0) is 30.6 Å². The van der Waals surface area contributed by atoms with Gasteiger partial charge in [0.05, 0.1) is 22.4 Å². The van der Waals surface area contributed by atoms with E-state index in [2.05, 4.69) is 5.32 Å². The van der Waals surface area contributed by atoms with E-state index in [0.717, 1.165) is 11.4 Å². The van der Waals surface area contributed by atoms with Gasteiger partial charge in [-0.25, -0.2) is 0 Å². The molecule has 4 nitrogen and oxygen atoms in total. The van der Waals surface area contributed by atoms with Crippen molar-refractivity contribution < 1.29 is 4.79 Å². The first-order valence-corrected chi connectivity index (χ1v) is 7.75. The molecular weight excluding hydrogens is 282 g/mol. The molecule has 0 aliphatic carbocycles. The molecule has 6 heteroatoms. The Bertz CT molecular complexity index is 440. The van der Waals surface area contributed by atoms with Crippen LogP contribution in [0.5, 0.6) is 0 Å². The summed E-state index contributed by atoms with van der Waals surface area (Å²) in [6.45, 7) is 0. The zero-order valence-electron chi connectivity index (χ0n) is 11.4. The number of carbonyl (C=O) groups is 1. The molecule has 19 heavy (non-hydrogen) atoms. The fraction of sp³-hybridized carbons (Fsp3) is 0.462. The molecule has 0 aliphatic heterocycles. The van der Waals surface area contributed by atoms with Crippen LogP contribution >= 0.6 is 23.4 Å². The smallest absolute Gasteiger partial charge is 0.241 e. The van der Waals surface area contributed by atoms with Crippen LogP contribution in [-0.2, 0) is 4.79 Å². The topological polar surface area (TPSA) is 58.4 Å². The molecule has 0 radical (unpaired) electrons. The van der Waals surface area contributed by atoms with E-state index in [9.17, 15) is 4.79 Å². The van der Waals surface area contributed by atoms with Crippen LogP contribution in [-0.4, -0.2) is 38.1 Å². The van der Waals surface area contributed by atoms with Crippen molar-refractivity contribution in [3.63, 3.8) is 0 Å². The van der Waals surface area contributed by atoms with E-state index in [1.165, 1.54) is 0 Å². The van der Waals surface area contributed by atoms with E-state index in [4.69, 9.17) is 17.3 Å². The number of halogens is 1. The molecule has 1 atom stereocenters. The summed E-state index contributed by atoms with van der Waals surface area (Å²) < 4.78 is 0. The lowest BCUT2D eigenvalue weighted by molar-refractivity contribution is -0.117. The summed E-state index contributed by atoms with van der Waals surface area (Å²) in [6.07, 6.45) is 2.65. The molecule has 3 N–H and O–H groups in total. The third kappa shape index (κ3) is 4.60. The van der Waals surface area contributed by atoms with Crippen LogP contribution in [0.4, 0.5) is 11.4 Å². The van der Waals surface area contributed by atoms with Crippen molar-refractivity contribution in [2.24, 2.45) is 5.73 Å². The quantitative estimate of drug-likeness (QED) is 0.847. The normalized spacial score (nSPS) is 12.1. The first-order valence-electron chi connectivity index (χ1n) is 5.98. The molecule has 1 aromatic carbocycles. The minimum Gasteiger partial charge on any atom is -0.375 e. The molecule has 0 saturated heterocycles. The molecule has 0 heterocycles. The third-order valence-corrected chi connectivity index (χ3v) is 3.61. The number of para-hydroxylation sites is 1. The zero-order chi connectivity index (χ0) is 14.4. The molecule has 0 unspecified atom stereocenters. The number of nitrogens with zero attached hydrogens (tertiary/aromatic N) is 1. The van der Waals surface area contributed by atoms with E-state index in [0.29, 0.717) is 17.1 Å². The van der Waals surface area contributed by atoms with Crippen LogP contribution in [0.3, 0.4) is 0 Å². The lowest BCUT2D eigenvalue weighted by Gasteiger charge is -2.20. The van der Waals surface area contributed by atoms with Gasteiger partial charge >= 0.3 is 0 Å². The Morgan fingerprint density at radius 1 is 1.53 bits per heavy atom. The van der Waals surface area contributed by atoms with Crippen LogP contribution in [0.15, 0.2) is 18.2 Å². The predicted molar refractivity (Wildman–Crippen MR) is 85.4 cm³/mol. The highest BCUT2D eigenvalue weighted by Crippen LogP contribution is 2.32. The average Bonchev–Trinajstić information content (AvgIpc) is 2.35. The van der Waals surface area contributed by atoms with Gasteiger partial charge in [0.1, 0.15) is 0 Å². The zero-order valence-corrected chi connectivity index (χ0v) is 13.0. The van der Waals surface area contributed by atoms with Crippen molar-refractivity contribution >= 4 is 40.6 Å². The average molecular weight is 302 g/mol. The fourth-order valence-corrected chi connectivity index (χ4v) is 2.51. The minimum absolute atomic E-state index is 0.181. The van der Waals surface area contributed by atoms with Crippen molar-refractivity contribution in [2.45, 2.75) is 12.5 Å². The standard InChI is InChI=1S/C13H20ClN3OS/c1-17(2)12-9(14)5-4-6-11(12)16-13(18)10(15)7-8-19-3/h4-6,10H,7-8,15H2,1-3H3,(H,16,18)/t10-/m1/s1. The van der Waals surface area contributed by atoms with Gasteiger partial charge in [0, 0.05) is 14.1 Å². The maximum Gasteiger partial charge on any atom is 0.241 e. The Morgan fingerprint density at radius 2 is 2.21 bits per heavy atom. The maximum absolute atomic E-state index is 12.0.